The van der Waals surface area contributed by atoms with Gasteiger partial charge in [-0.15, -0.1) is 0 Å². The van der Waals surface area contributed by atoms with Gasteiger partial charge in [0, 0.05) is 54.8 Å². The van der Waals surface area contributed by atoms with Crippen LogP contribution in [0.5, 0.6) is 0 Å². The Morgan fingerprint density at radius 2 is 1.68 bits per heavy atom. The number of hydrogen-bond donors (Lipinski definition) is 1. The SMILES string of the molecule is O=C(C1CCN(S(=O)(=O)c2ccc(F)cc2)CC1)N1CC=C(c2c[nH]c3cc(F)ccc23)CC1. The predicted molar refractivity (Wildman–Crippen MR) is 125 cm³/mol. The quantitative estimate of drug-likeness (QED) is 0.603. The Hall–Kier alpha value is -3.04. The Morgan fingerprint density at radius 3 is 2.35 bits per heavy atom. The first-order valence-corrected chi connectivity index (χ1v) is 12.8. The van der Waals surface area contributed by atoms with E-state index in [1.54, 1.807) is 6.07 Å². The van der Waals surface area contributed by atoms with Gasteiger partial charge in [0.25, 0.3) is 0 Å². The highest BCUT2D eigenvalue weighted by molar-refractivity contribution is 7.89. The summed E-state index contributed by atoms with van der Waals surface area (Å²) in [5, 5.41) is 0.960. The molecule has 1 saturated heterocycles. The van der Waals surface area contributed by atoms with Crippen molar-refractivity contribution in [1.29, 1.82) is 0 Å². The van der Waals surface area contributed by atoms with Crippen LogP contribution >= 0.6 is 0 Å². The molecule has 2 aliphatic rings. The van der Waals surface area contributed by atoms with Crippen LogP contribution < -0.4 is 0 Å². The molecule has 2 aliphatic heterocycles. The molecule has 0 radical (unpaired) electrons. The molecule has 34 heavy (non-hydrogen) atoms. The Morgan fingerprint density at radius 1 is 0.971 bits per heavy atom. The maximum absolute atomic E-state index is 13.5. The lowest BCUT2D eigenvalue weighted by molar-refractivity contribution is -0.136. The number of fused-ring (bicyclic) bond motifs is 1. The van der Waals surface area contributed by atoms with Gasteiger partial charge in [0.1, 0.15) is 11.6 Å². The number of benzene rings is 2. The fourth-order valence-electron chi connectivity index (χ4n) is 4.83. The Labute approximate surface area is 196 Å². The highest BCUT2D eigenvalue weighted by atomic mass is 32.2. The van der Waals surface area contributed by atoms with E-state index in [4.69, 9.17) is 0 Å². The minimum Gasteiger partial charge on any atom is -0.360 e. The molecule has 0 unspecified atom stereocenters. The molecule has 2 aromatic carbocycles. The van der Waals surface area contributed by atoms with Crippen LogP contribution in [0.2, 0.25) is 0 Å². The number of hydrogen-bond acceptors (Lipinski definition) is 3. The number of piperidine rings is 1. The van der Waals surface area contributed by atoms with Gasteiger partial charge in [-0.1, -0.05) is 6.08 Å². The van der Waals surface area contributed by atoms with Crippen LogP contribution in [0.25, 0.3) is 16.5 Å². The van der Waals surface area contributed by atoms with Crippen LogP contribution in [0.3, 0.4) is 0 Å². The fraction of sp³-hybridized carbons (Fsp3) is 0.320. The third-order valence-corrected chi connectivity index (χ3v) is 8.68. The molecule has 178 valence electrons. The minimum atomic E-state index is -3.70. The van der Waals surface area contributed by atoms with Crippen molar-refractivity contribution in [2.45, 2.75) is 24.2 Å². The third-order valence-electron chi connectivity index (χ3n) is 6.77. The normalized spacial score (nSPS) is 18.3. The molecule has 1 aromatic heterocycles. The number of halogens is 2. The fourth-order valence-corrected chi connectivity index (χ4v) is 6.30. The van der Waals surface area contributed by atoms with E-state index in [2.05, 4.69) is 4.98 Å². The third kappa shape index (κ3) is 4.25. The first-order valence-electron chi connectivity index (χ1n) is 11.3. The van der Waals surface area contributed by atoms with Crippen LogP contribution in [0.4, 0.5) is 8.78 Å². The molecule has 0 bridgehead atoms. The zero-order valence-electron chi connectivity index (χ0n) is 18.5. The second kappa shape index (κ2) is 8.96. The van der Waals surface area contributed by atoms with Crippen molar-refractivity contribution in [3.63, 3.8) is 0 Å². The smallest absolute Gasteiger partial charge is 0.243 e. The highest BCUT2D eigenvalue weighted by Crippen LogP contribution is 2.31. The topological polar surface area (TPSA) is 73.5 Å². The maximum atomic E-state index is 13.5. The van der Waals surface area contributed by atoms with Gasteiger partial charge in [-0.2, -0.15) is 4.31 Å². The first-order chi connectivity index (χ1) is 16.3. The molecule has 1 amide bonds. The molecule has 0 atom stereocenters. The molecule has 0 aliphatic carbocycles. The molecule has 1 fully saturated rings. The van der Waals surface area contributed by atoms with Gasteiger partial charge in [0.2, 0.25) is 15.9 Å². The van der Waals surface area contributed by atoms with Gasteiger partial charge < -0.3 is 9.88 Å². The average Bonchev–Trinajstić information content (AvgIpc) is 3.27. The number of rotatable bonds is 4. The van der Waals surface area contributed by atoms with Crippen molar-refractivity contribution in [3.8, 4) is 0 Å². The summed E-state index contributed by atoms with van der Waals surface area (Å²) in [6, 6.07) is 9.49. The van der Waals surface area contributed by atoms with Gasteiger partial charge in [0.15, 0.2) is 0 Å². The summed E-state index contributed by atoms with van der Waals surface area (Å²) < 4.78 is 53.6. The lowest BCUT2D eigenvalue weighted by Crippen LogP contribution is -2.45. The van der Waals surface area contributed by atoms with Gasteiger partial charge in [0.05, 0.1) is 4.90 Å². The Kier molecular flexibility index (Phi) is 5.99. The van der Waals surface area contributed by atoms with E-state index in [0.717, 1.165) is 34.2 Å². The molecular weight excluding hydrogens is 460 g/mol. The number of aromatic amines is 1. The Bertz CT molecular complexity index is 1360. The summed E-state index contributed by atoms with van der Waals surface area (Å²) in [5.74, 6) is -0.937. The lowest BCUT2D eigenvalue weighted by Gasteiger charge is -2.34. The molecule has 1 N–H and O–H groups in total. The van der Waals surface area contributed by atoms with Crippen LogP contribution in [-0.2, 0) is 14.8 Å². The molecule has 3 aromatic rings. The van der Waals surface area contributed by atoms with Gasteiger partial charge >= 0.3 is 0 Å². The highest BCUT2D eigenvalue weighted by Gasteiger charge is 2.34. The minimum absolute atomic E-state index is 0.0510. The number of nitrogens with zero attached hydrogens (tertiary/aromatic N) is 2. The van der Waals surface area contributed by atoms with E-state index < -0.39 is 15.8 Å². The number of aromatic nitrogens is 1. The number of carbonyl (C=O) groups is 1. The molecule has 0 spiro atoms. The number of H-pyrrole nitrogens is 1. The lowest BCUT2D eigenvalue weighted by atomic mass is 9.94. The number of amides is 1. The van der Waals surface area contributed by atoms with Crippen molar-refractivity contribution < 1.29 is 22.0 Å². The summed E-state index contributed by atoms with van der Waals surface area (Å²) in [7, 11) is -3.70. The van der Waals surface area contributed by atoms with Crippen LogP contribution in [0, 0.1) is 17.6 Å². The van der Waals surface area contributed by atoms with Gasteiger partial charge in [-0.25, -0.2) is 17.2 Å². The number of sulfonamides is 1. The van der Waals surface area contributed by atoms with Gasteiger partial charge in [-0.3, -0.25) is 4.79 Å². The zero-order valence-corrected chi connectivity index (χ0v) is 19.3. The second-order valence-electron chi connectivity index (χ2n) is 8.79. The monoisotopic (exact) mass is 485 g/mol. The van der Waals surface area contributed by atoms with Crippen molar-refractivity contribution in [1.82, 2.24) is 14.2 Å². The van der Waals surface area contributed by atoms with Crippen molar-refractivity contribution in [3.05, 3.63) is 71.9 Å². The molecular formula is C25H25F2N3O3S. The summed E-state index contributed by atoms with van der Waals surface area (Å²) in [5.41, 5.74) is 2.90. The van der Waals surface area contributed by atoms with Crippen LogP contribution in [0.15, 0.2) is 59.6 Å². The van der Waals surface area contributed by atoms with Crippen LogP contribution in [0.1, 0.15) is 24.8 Å². The predicted octanol–water partition coefficient (Wildman–Crippen LogP) is 4.16. The summed E-state index contributed by atoms with van der Waals surface area (Å²) in [6.45, 7) is 1.61. The maximum Gasteiger partial charge on any atom is 0.243 e. The molecule has 9 heteroatoms. The van der Waals surface area contributed by atoms with Crippen LogP contribution in [-0.4, -0.2) is 54.7 Å². The zero-order chi connectivity index (χ0) is 23.9. The van der Waals surface area contributed by atoms with Crippen molar-refractivity contribution >= 4 is 32.4 Å². The van der Waals surface area contributed by atoms with E-state index in [9.17, 15) is 22.0 Å². The molecule has 6 nitrogen and oxygen atoms in total. The summed E-state index contributed by atoms with van der Waals surface area (Å²) in [6.07, 6.45) is 5.54. The first kappa shape index (κ1) is 22.7. The van der Waals surface area contributed by atoms with Crippen molar-refractivity contribution in [2.24, 2.45) is 5.92 Å². The van der Waals surface area contributed by atoms with E-state index in [1.807, 2.05) is 17.2 Å². The number of nitrogens with one attached hydrogen (secondary N) is 1. The molecule has 5 rings (SSSR count). The summed E-state index contributed by atoms with van der Waals surface area (Å²) >= 11 is 0. The van der Waals surface area contributed by atoms with E-state index >= 15 is 0 Å². The largest absolute Gasteiger partial charge is 0.360 e. The summed E-state index contributed by atoms with van der Waals surface area (Å²) in [4.78, 5) is 18.1. The van der Waals surface area contributed by atoms with E-state index in [1.165, 1.54) is 28.6 Å². The van der Waals surface area contributed by atoms with Gasteiger partial charge in [-0.05, 0) is 67.3 Å². The molecule has 3 heterocycles. The van der Waals surface area contributed by atoms with E-state index in [-0.39, 0.29) is 35.6 Å². The van der Waals surface area contributed by atoms with E-state index in [0.29, 0.717) is 32.4 Å². The molecule has 0 saturated carbocycles. The Balaban J connectivity index is 1.21. The second-order valence-corrected chi connectivity index (χ2v) is 10.7. The van der Waals surface area contributed by atoms with Crippen molar-refractivity contribution in [2.75, 3.05) is 26.2 Å². The average molecular weight is 486 g/mol. The number of carbonyl (C=O) groups excluding carboxylic acids is 1. The standard InChI is InChI=1S/C25H25F2N3O3S/c26-19-1-4-21(5-2-19)34(32,33)30-13-9-18(10-14-30)25(31)29-11-7-17(8-12-29)23-16-28-24-15-20(27)3-6-22(23)24/h1-7,15-16,18,28H,8-14H2.